The Morgan fingerprint density at radius 3 is 2.65 bits per heavy atom. The SMILES string of the molecule is O=C(NCCN1CC(C(=O)O)CC1=O)C(Cl)Cl. The number of alkyl halides is 2. The number of amides is 2. The Kier molecular flexibility index (Phi) is 5.02. The quantitative estimate of drug-likeness (QED) is 0.686. The number of hydrogen-bond acceptors (Lipinski definition) is 3. The number of likely N-dealkylation sites (tertiary alicyclic amines) is 1. The van der Waals surface area contributed by atoms with E-state index in [0.29, 0.717) is 0 Å². The van der Waals surface area contributed by atoms with Gasteiger partial charge < -0.3 is 15.3 Å². The van der Waals surface area contributed by atoms with Crippen molar-refractivity contribution in [2.24, 2.45) is 5.92 Å². The van der Waals surface area contributed by atoms with Crippen molar-refractivity contribution in [3.8, 4) is 0 Å². The fraction of sp³-hybridized carbons (Fsp3) is 0.667. The van der Waals surface area contributed by atoms with Gasteiger partial charge in [0.1, 0.15) is 0 Å². The highest BCUT2D eigenvalue weighted by Gasteiger charge is 2.33. The maximum absolute atomic E-state index is 11.4. The van der Waals surface area contributed by atoms with Gasteiger partial charge in [0, 0.05) is 26.1 Å². The molecule has 96 valence electrons. The summed E-state index contributed by atoms with van der Waals surface area (Å²) < 4.78 is 0. The Morgan fingerprint density at radius 1 is 1.53 bits per heavy atom. The third-order valence-electron chi connectivity index (χ3n) is 2.44. The van der Waals surface area contributed by atoms with E-state index in [2.05, 4.69) is 5.32 Å². The van der Waals surface area contributed by atoms with Gasteiger partial charge in [-0.25, -0.2) is 0 Å². The first-order valence-electron chi connectivity index (χ1n) is 4.98. The van der Waals surface area contributed by atoms with E-state index in [9.17, 15) is 14.4 Å². The summed E-state index contributed by atoms with van der Waals surface area (Å²) in [5, 5.41) is 11.2. The molecule has 0 aromatic rings. The standard InChI is InChI=1S/C9H12Cl2N2O4/c10-7(11)8(15)12-1-2-13-4-5(9(16)17)3-6(13)14/h5,7H,1-4H2,(H,12,15)(H,16,17). The average Bonchev–Trinajstić information content (AvgIpc) is 2.60. The largest absolute Gasteiger partial charge is 0.481 e. The highest BCUT2D eigenvalue weighted by molar-refractivity contribution is 6.53. The van der Waals surface area contributed by atoms with E-state index in [4.69, 9.17) is 28.3 Å². The number of nitrogens with zero attached hydrogens (tertiary/aromatic N) is 1. The number of nitrogens with one attached hydrogen (secondary N) is 1. The van der Waals surface area contributed by atoms with E-state index in [0.717, 1.165) is 0 Å². The maximum atomic E-state index is 11.4. The zero-order chi connectivity index (χ0) is 13.0. The Hall–Kier alpha value is -1.01. The molecule has 0 bridgehead atoms. The average molecular weight is 283 g/mol. The van der Waals surface area contributed by atoms with E-state index in [1.807, 2.05) is 0 Å². The van der Waals surface area contributed by atoms with Crippen molar-refractivity contribution in [1.82, 2.24) is 10.2 Å². The van der Waals surface area contributed by atoms with Crippen molar-refractivity contribution in [2.75, 3.05) is 19.6 Å². The van der Waals surface area contributed by atoms with Gasteiger partial charge in [-0.15, -0.1) is 0 Å². The van der Waals surface area contributed by atoms with Crippen LogP contribution in [0.2, 0.25) is 0 Å². The highest BCUT2D eigenvalue weighted by Crippen LogP contribution is 2.17. The molecule has 6 nitrogen and oxygen atoms in total. The van der Waals surface area contributed by atoms with Crippen LogP contribution in [0, 0.1) is 5.92 Å². The van der Waals surface area contributed by atoms with Gasteiger partial charge in [-0.3, -0.25) is 14.4 Å². The molecule has 1 saturated heterocycles. The van der Waals surface area contributed by atoms with E-state index < -0.39 is 22.6 Å². The Balaban J connectivity index is 2.31. The minimum atomic E-state index is -1.14. The summed E-state index contributed by atoms with van der Waals surface area (Å²) in [6, 6.07) is 0. The zero-order valence-electron chi connectivity index (χ0n) is 8.86. The van der Waals surface area contributed by atoms with E-state index >= 15 is 0 Å². The second-order valence-corrected chi connectivity index (χ2v) is 4.77. The summed E-state index contributed by atoms with van der Waals surface area (Å²) in [6.07, 6.45) is 0.0108. The van der Waals surface area contributed by atoms with Crippen LogP contribution in [0.1, 0.15) is 6.42 Å². The molecule has 0 aromatic heterocycles. The summed E-state index contributed by atoms with van der Waals surface area (Å²) in [6.45, 7) is 0.636. The van der Waals surface area contributed by atoms with Crippen molar-refractivity contribution < 1.29 is 19.5 Å². The molecule has 0 aromatic carbocycles. The summed E-state index contributed by atoms with van der Waals surface area (Å²) in [7, 11) is 0. The summed E-state index contributed by atoms with van der Waals surface area (Å²) in [5.41, 5.74) is 0. The second kappa shape index (κ2) is 6.07. The number of halogens is 2. The van der Waals surface area contributed by atoms with E-state index in [1.165, 1.54) is 4.90 Å². The second-order valence-electron chi connectivity index (χ2n) is 3.67. The van der Waals surface area contributed by atoms with Gasteiger partial charge in [-0.05, 0) is 0 Å². The molecular weight excluding hydrogens is 271 g/mol. The molecule has 0 radical (unpaired) electrons. The number of carbonyl (C=O) groups is 3. The molecule has 1 rings (SSSR count). The third-order valence-corrected chi connectivity index (χ3v) is 2.84. The molecule has 17 heavy (non-hydrogen) atoms. The lowest BCUT2D eigenvalue weighted by Crippen LogP contribution is -2.37. The predicted molar refractivity (Wildman–Crippen MR) is 60.8 cm³/mol. The molecule has 1 atom stereocenters. The lowest BCUT2D eigenvalue weighted by molar-refractivity contribution is -0.141. The van der Waals surface area contributed by atoms with Gasteiger partial charge in [-0.1, -0.05) is 23.2 Å². The summed E-state index contributed by atoms with van der Waals surface area (Å²) in [5.74, 6) is -2.40. The van der Waals surface area contributed by atoms with Gasteiger partial charge in [0.15, 0.2) is 4.84 Å². The van der Waals surface area contributed by atoms with Gasteiger partial charge in [0.2, 0.25) is 5.91 Å². The number of carboxylic acids is 1. The normalized spacial score (nSPS) is 19.8. The van der Waals surface area contributed by atoms with Crippen LogP contribution < -0.4 is 5.32 Å². The molecule has 2 amide bonds. The van der Waals surface area contributed by atoms with Crippen LogP contribution in [0.3, 0.4) is 0 Å². The fourth-order valence-corrected chi connectivity index (χ4v) is 1.70. The molecule has 1 aliphatic heterocycles. The van der Waals surface area contributed by atoms with Crippen molar-refractivity contribution in [3.05, 3.63) is 0 Å². The number of hydrogen-bond donors (Lipinski definition) is 2. The maximum Gasteiger partial charge on any atom is 0.308 e. The van der Waals surface area contributed by atoms with Crippen LogP contribution in [0.5, 0.6) is 0 Å². The minimum absolute atomic E-state index is 0.0108. The molecule has 1 heterocycles. The van der Waals surface area contributed by atoms with Crippen molar-refractivity contribution in [2.45, 2.75) is 11.3 Å². The van der Waals surface area contributed by atoms with Crippen molar-refractivity contribution in [1.29, 1.82) is 0 Å². The van der Waals surface area contributed by atoms with Gasteiger partial charge in [0.05, 0.1) is 5.92 Å². The first kappa shape index (κ1) is 14.1. The van der Waals surface area contributed by atoms with E-state index in [-0.39, 0.29) is 32.0 Å². The molecule has 8 heteroatoms. The lowest BCUT2D eigenvalue weighted by atomic mass is 10.1. The first-order valence-corrected chi connectivity index (χ1v) is 5.85. The van der Waals surface area contributed by atoms with Gasteiger partial charge >= 0.3 is 5.97 Å². The summed E-state index contributed by atoms with van der Waals surface area (Å²) >= 11 is 10.6. The fourth-order valence-electron chi connectivity index (χ4n) is 1.54. The molecule has 0 aliphatic carbocycles. The number of rotatable bonds is 5. The van der Waals surface area contributed by atoms with Crippen molar-refractivity contribution >= 4 is 41.0 Å². The molecule has 2 N–H and O–H groups in total. The number of carbonyl (C=O) groups excluding carboxylic acids is 2. The Labute approximate surface area is 108 Å². The van der Waals surface area contributed by atoms with E-state index in [1.54, 1.807) is 0 Å². The molecule has 0 spiro atoms. The molecule has 1 fully saturated rings. The van der Waals surface area contributed by atoms with Crippen LogP contribution in [-0.4, -0.2) is 52.3 Å². The van der Waals surface area contributed by atoms with Gasteiger partial charge in [-0.2, -0.15) is 0 Å². The smallest absolute Gasteiger partial charge is 0.308 e. The molecular formula is C9H12Cl2N2O4. The topological polar surface area (TPSA) is 86.7 Å². The highest BCUT2D eigenvalue weighted by atomic mass is 35.5. The third kappa shape index (κ3) is 4.05. The Bertz CT molecular complexity index is 335. The van der Waals surface area contributed by atoms with Crippen LogP contribution in [0.15, 0.2) is 0 Å². The van der Waals surface area contributed by atoms with Crippen molar-refractivity contribution in [3.63, 3.8) is 0 Å². The number of aliphatic carboxylic acids is 1. The van der Waals surface area contributed by atoms with Crippen LogP contribution in [-0.2, 0) is 14.4 Å². The van der Waals surface area contributed by atoms with Crippen LogP contribution in [0.4, 0.5) is 0 Å². The minimum Gasteiger partial charge on any atom is -0.481 e. The van der Waals surface area contributed by atoms with Crippen LogP contribution >= 0.6 is 23.2 Å². The molecule has 1 unspecified atom stereocenters. The first-order chi connectivity index (χ1) is 7.91. The lowest BCUT2D eigenvalue weighted by Gasteiger charge is -2.16. The molecule has 0 saturated carbocycles. The number of carboxylic acid groups (broad SMARTS) is 1. The predicted octanol–water partition coefficient (Wildman–Crippen LogP) is -0.161. The van der Waals surface area contributed by atoms with Gasteiger partial charge in [0.25, 0.3) is 5.91 Å². The molecule has 1 aliphatic rings. The van der Waals surface area contributed by atoms with Crippen LogP contribution in [0.25, 0.3) is 0 Å². The monoisotopic (exact) mass is 282 g/mol. The zero-order valence-corrected chi connectivity index (χ0v) is 10.4. The Morgan fingerprint density at radius 2 is 2.18 bits per heavy atom. The summed E-state index contributed by atoms with van der Waals surface area (Å²) in [4.78, 5) is 33.3.